The molecule has 8 nitrogen and oxygen atoms in total. The second-order valence-electron chi connectivity index (χ2n) is 10.7. The summed E-state index contributed by atoms with van der Waals surface area (Å²) >= 11 is 6.25. The number of nitrogens with zero attached hydrogens (tertiary/aromatic N) is 2. The molecule has 0 unspecified atom stereocenters. The number of aryl methyl sites for hydroxylation is 1. The Morgan fingerprint density at radius 3 is 2.72 bits per heavy atom. The first-order chi connectivity index (χ1) is 18.8. The van der Waals surface area contributed by atoms with Gasteiger partial charge in [0.25, 0.3) is 0 Å². The molecular weight excluding hydrogens is 520 g/mol. The van der Waals surface area contributed by atoms with Gasteiger partial charge in [-0.15, -0.1) is 0 Å². The van der Waals surface area contributed by atoms with Crippen LogP contribution in [0.5, 0.6) is 17.2 Å². The summed E-state index contributed by atoms with van der Waals surface area (Å²) in [6, 6.07) is 11.3. The van der Waals surface area contributed by atoms with Crippen LogP contribution in [0.2, 0.25) is 5.02 Å². The predicted octanol–water partition coefficient (Wildman–Crippen LogP) is 4.21. The van der Waals surface area contributed by atoms with Crippen molar-refractivity contribution in [3.63, 3.8) is 0 Å². The maximum Gasteiger partial charge on any atom is 0.222 e. The van der Waals surface area contributed by atoms with E-state index < -0.39 is 11.7 Å². The summed E-state index contributed by atoms with van der Waals surface area (Å²) < 4.78 is 17.4. The van der Waals surface area contributed by atoms with Gasteiger partial charge >= 0.3 is 0 Å². The van der Waals surface area contributed by atoms with Crippen molar-refractivity contribution in [3.05, 3.63) is 52.5 Å². The number of methoxy groups -OCH3 is 1. The molecule has 0 radical (unpaired) electrons. The number of piperidine rings is 1. The van der Waals surface area contributed by atoms with E-state index in [1.807, 2.05) is 42.2 Å². The number of likely N-dealkylation sites (tertiary alicyclic amines) is 2. The van der Waals surface area contributed by atoms with Gasteiger partial charge in [0.1, 0.15) is 18.0 Å². The molecular formula is C30H41ClN2O6. The lowest BCUT2D eigenvalue weighted by atomic mass is 9.90. The molecule has 2 fully saturated rings. The van der Waals surface area contributed by atoms with Crippen molar-refractivity contribution in [1.82, 2.24) is 9.80 Å². The minimum absolute atomic E-state index is 0.0651. The monoisotopic (exact) mass is 560 g/mol. The van der Waals surface area contributed by atoms with Crippen molar-refractivity contribution in [1.29, 1.82) is 0 Å². The van der Waals surface area contributed by atoms with E-state index in [2.05, 4.69) is 4.90 Å². The van der Waals surface area contributed by atoms with E-state index in [1.165, 1.54) is 0 Å². The SMILES string of the molecule is COc1ccc(CN2CC[C@H](O)[C@@](O)(COc3cc(C)ccc3Cl)C2)cc1OCCCN1CCCCCC1=O. The molecule has 2 aromatic rings. The molecule has 0 aliphatic carbocycles. The zero-order valence-electron chi connectivity index (χ0n) is 23.0. The Morgan fingerprint density at radius 1 is 1.05 bits per heavy atom. The molecule has 4 rings (SSSR count). The smallest absolute Gasteiger partial charge is 0.222 e. The molecule has 2 atom stereocenters. The zero-order valence-corrected chi connectivity index (χ0v) is 23.8. The summed E-state index contributed by atoms with van der Waals surface area (Å²) in [6.07, 6.45) is 4.09. The highest BCUT2D eigenvalue weighted by molar-refractivity contribution is 6.32. The van der Waals surface area contributed by atoms with Gasteiger partial charge in [0.05, 0.1) is 24.8 Å². The Bertz CT molecular complexity index is 1110. The number of hydrogen-bond donors (Lipinski definition) is 2. The van der Waals surface area contributed by atoms with Crippen molar-refractivity contribution in [2.24, 2.45) is 0 Å². The van der Waals surface area contributed by atoms with Gasteiger partial charge in [0.2, 0.25) is 5.91 Å². The Morgan fingerprint density at radius 2 is 1.90 bits per heavy atom. The molecule has 0 saturated carbocycles. The second-order valence-corrected chi connectivity index (χ2v) is 11.1. The van der Waals surface area contributed by atoms with Crippen molar-refractivity contribution in [2.75, 3.05) is 46.5 Å². The Labute approximate surface area is 236 Å². The van der Waals surface area contributed by atoms with Gasteiger partial charge in [-0.05, 0) is 68.0 Å². The lowest BCUT2D eigenvalue weighted by molar-refractivity contribution is -0.140. The minimum atomic E-state index is -1.43. The second kappa shape index (κ2) is 13.7. The average molecular weight is 561 g/mol. The third-order valence-corrected chi connectivity index (χ3v) is 7.85. The average Bonchev–Trinajstić information content (AvgIpc) is 3.13. The quantitative estimate of drug-likeness (QED) is 0.398. The van der Waals surface area contributed by atoms with Crippen LogP contribution in [0.15, 0.2) is 36.4 Å². The fourth-order valence-corrected chi connectivity index (χ4v) is 5.42. The van der Waals surface area contributed by atoms with Gasteiger partial charge < -0.3 is 29.3 Å². The first kappa shape index (κ1) is 29.5. The van der Waals surface area contributed by atoms with Crippen LogP contribution in [0.25, 0.3) is 0 Å². The van der Waals surface area contributed by atoms with E-state index in [4.69, 9.17) is 25.8 Å². The molecule has 2 aliphatic rings. The summed E-state index contributed by atoms with van der Waals surface area (Å²) in [5, 5.41) is 22.4. The van der Waals surface area contributed by atoms with E-state index in [0.29, 0.717) is 61.4 Å². The molecule has 0 spiro atoms. The number of halogens is 1. The van der Waals surface area contributed by atoms with Crippen LogP contribution in [0.4, 0.5) is 0 Å². The van der Waals surface area contributed by atoms with Crippen LogP contribution in [0.3, 0.4) is 0 Å². The van der Waals surface area contributed by atoms with Crippen molar-refractivity contribution in [3.8, 4) is 17.2 Å². The van der Waals surface area contributed by atoms with Gasteiger partial charge in [0.15, 0.2) is 11.5 Å². The van der Waals surface area contributed by atoms with Gasteiger partial charge in [-0.1, -0.05) is 30.2 Å². The van der Waals surface area contributed by atoms with Gasteiger partial charge in [-0.3, -0.25) is 9.69 Å². The fraction of sp³-hybridized carbons (Fsp3) is 0.567. The number of β-amino-alcohol motifs (C(OH)–C–C–N with tert-alkyl or cyclic N) is 1. The predicted molar refractivity (Wildman–Crippen MR) is 151 cm³/mol. The Kier molecular flexibility index (Phi) is 10.4. The van der Waals surface area contributed by atoms with E-state index in [1.54, 1.807) is 13.2 Å². The summed E-state index contributed by atoms with van der Waals surface area (Å²) in [4.78, 5) is 16.3. The molecule has 1 amide bonds. The molecule has 2 aliphatic heterocycles. The highest BCUT2D eigenvalue weighted by atomic mass is 35.5. The number of carbonyl (C=O) groups is 1. The fourth-order valence-electron chi connectivity index (χ4n) is 5.25. The number of carbonyl (C=O) groups excluding carboxylic acids is 1. The standard InChI is InChI=1S/C30H41ClN2O6/c1-22-8-10-24(31)26(17-22)39-21-30(36)20-32(15-12-28(30)34)19-23-9-11-25(37-2)27(18-23)38-16-6-14-33-13-5-3-4-7-29(33)35/h8-11,17-18,28,34,36H,3-7,12-16,19-21H2,1-2H3/t28-,30-/m0/s1. The molecule has 214 valence electrons. The largest absolute Gasteiger partial charge is 0.493 e. The van der Waals surface area contributed by atoms with Gasteiger partial charge in [-0.25, -0.2) is 0 Å². The molecule has 9 heteroatoms. The number of aliphatic hydroxyl groups is 2. The van der Waals surface area contributed by atoms with Crippen molar-refractivity contribution in [2.45, 2.75) is 63.7 Å². The first-order valence-electron chi connectivity index (χ1n) is 13.9. The minimum Gasteiger partial charge on any atom is -0.493 e. The van der Waals surface area contributed by atoms with Crippen LogP contribution in [0, 0.1) is 6.92 Å². The van der Waals surface area contributed by atoms with E-state index >= 15 is 0 Å². The summed E-state index contributed by atoms with van der Waals surface area (Å²) in [7, 11) is 1.62. The number of ether oxygens (including phenoxy) is 3. The number of rotatable bonds is 11. The molecule has 2 saturated heterocycles. The summed E-state index contributed by atoms with van der Waals surface area (Å²) in [5.74, 6) is 2.04. The van der Waals surface area contributed by atoms with Gasteiger partial charge in [0, 0.05) is 39.1 Å². The van der Waals surface area contributed by atoms with Crippen LogP contribution in [0.1, 0.15) is 49.7 Å². The maximum atomic E-state index is 12.2. The zero-order chi connectivity index (χ0) is 27.8. The third kappa shape index (κ3) is 8.01. The lowest BCUT2D eigenvalue weighted by Crippen LogP contribution is -2.59. The normalized spacial score (nSPS) is 22.4. The topological polar surface area (TPSA) is 91.7 Å². The van der Waals surface area contributed by atoms with E-state index in [-0.39, 0.29) is 19.1 Å². The summed E-state index contributed by atoms with van der Waals surface area (Å²) in [5.41, 5.74) is 0.581. The van der Waals surface area contributed by atoms with Crippen LogP contribution in [-0.2, 0) is 11.3 Å². The Balaban J connectivity index is 1.33. The number of amides is 1. The molecule has 0 aromatic heterocycles. The molecule has 0 bridgehead atoms. The maximum absolute atomic E-state index is 12.2. The Hall–Kier alpha value is -2.52. The molecule has 39 heavy (non-hydrogen) atoms. The number of hydrogen-bond acceptors (Lipinski definition) is 7. The van der Waals surface area contributed by atoms with Crippen molar-refractivity contribution >= 4 is 17.5 Å². The molecule has 2 N–H and O–H groups in total. The van der Waals surface area contributed by atoms with Crippen LogP contribution < -0.4 is 14.2 Å². The first-order valence-corrected chi connectivity index (χ1v) is 14.2. The molecule has 2 heterocycles. The van der Waals surface area contributed by atoms with E-state index in [9.17, 15) is 15.0 Å². The third-order valence-electron chi connectivity index (χ3n) is 7.54. The van der Waals surface area contributed by atoms with Crippen LogP contribution in [-0.4, -0.2) is 84.1 Å². The highest BCUT2D eigenvalue weighted by Crippen LogP contribution is 2.31. The van der Waals surface area contributed by atoms with Gasteiger partial charge in [-0.2, -0.15) is 0 Å². The lowest BCUT2D eigenvalue weighted by Gasteiger charge is -2.42. The highest BCUT2D eigenvalue weighted by Gasteiger charge is 2.42. The van der Waals surface area contributed by atoms with E-state index in [0.717, 1.165) is 43.4 Å². The van der Waals surface area contributed by atoms with Crippen molar-refractivity contribution < 1.29 is 29.2 Å². The number of benzene rings is 2. The van der Waals surface area contributed by atoms with Crippen LogP contribution >= 0.6 is 11.6 Å². The summed E-state index contributed by atoms with van der Waals surface area (Å²) in [6.45, 7) is 5.36. The number of aliphatic hydroxyl groups excluding tert-OH is 1. The molecule has 2 aromatic carbocycles.